The molecule has 1 atom stereocenters. The van der Waals surface area contributed by atoms with Crippen LogP contribution >= 0.6 is 12.0 Å². The van der Waals surface area contributed by atoms with Gasteiger partial charge in [0, 0.05) is 23.5 Å². The van der Waals surface area contributed by atoms with Crippen molar-refractivity contribution in [1.29, 1.82) is 5.26 Å². The number of aliphatic hydroxyl groups is 1. The zero-order valence-electron chi connectivity index (χ0n) is 10.9. The number of nitrogens with zero attached hydrogens (tertiary/aromatic N) is 3. The zero-order chi connectivity index (χ0) is 14.4. The summed E-state index contributed by atoms with van der Waals surface area (Å²) >= 11 is 1.17. The summed E-state index contributed by atoms with van der Waals surface area (Å²) in [7, 11) is 0. The molecule has 0 spiro atoms. The Morgan fingerprint density at radius 1 is 1.25 bits per heavy atom. The summed E-state index contributed by atoms with van der Waals surface area (Å²) in [6.07, 6.45) is 0. The average molecular weight is 287 g/mol. The highest BCUT2D eigenvalue weighted by molar-refractivity contribution is 7.95. The fraction of sp³-hybridized carbons (Fsp3) is 0.214. The number of hydrogen-bond acceptors (Lipinski definition) is 6. The molecule has 20 heavy (non-hydrogen) atoms. The summed E-state index contributed by atoms with van der Waals surface area (Å²) in [5, 5.41) is 25.2. The van der Waals surface area contributed by atoms with Crippen LogP contribution in [-0.2, 0) is 0 Å². The molecule has 102 valence electrons. The van der Waals surface area contributed by atoms with Crippen molar-refractivity contribution >= 4 is 12.0 Å². The molecule has 2 rings (SSSR count). The van der Waals surface area contributed by atoms with E-state index >= 15 is 0 Å². The topological polar surface area (TPSA) is 79.0 Å². The van der Waals surface area contributed by atoms with Gasteiger partial charge in [-0.1, -0.05) is 19.1 Å². The highest BCUT2D eigenvalue weighted by Crippen LogP contribution is 2.23. The highest BCUT2D eigenvalue weighted by Gasteiger charge is 2.05. The largest absolute Gasteiger partial charge is 0.399 e. The first kappa shape index (κ1) is 14.3. The Bertz CT molecular complexity index is 593. The minimum Gasteiger partial charge on any atom is -0.399 e. The smallest absolute Gasteiger partial charge is 0.247 e. The molecule has 0 aliphatic rings. The van der Waals surface area contributed by atoms with E-state index in [9.17, 15) is 0 Å². The second-order valence-electron chi connectivity index (χ2n) is 4.19. The van der Waals surface area contributed by atoms with Gasteiger partial charge in [-0.05, 0) is 23.8 Å². The van der Waals surface area contributed by atoms with Crippen molar-refractivity contribution in [1.82, 2.24) is 10.2 Å². The molecule has 1 N–H and O–H groups in total. The molecule has 0 aliphatic heterocycles. The Balaban J connectivity index is 1.95. The van der Waals surface area contributed by atoms with E-state index in [1.165, 1.54) is 12.0 Å². The molecule has 0 fully saturated rings. The van der Waals surface area contributed by atoms with Gasteiger partial charge in [-0.15, -0.1) is 10.2 Å². The minimum absolute atomic E-state index is 0.124. The first-order valence-corrected chi connectivity index (χ1v) is 6.76. The van der Waals surface area contributed by atoms with Gasteiger partial charge in [0.2, 0.25) is 5.88 Å². The maximum absolute atomic E-state index is 9.08. The summed E-state index contributed by atoms with van der Waals surface area (Å²) in [5.74, 6) is 0.473. The average Bonchev–Trinajstić information content (AvgIpc) is 2.53. The van der Waals surface area contributed by atoms with Gasteiger partial charge in [-0.3, -0.25) is 0 Å². The van der Waals surface area contributed by atoms with Crippen LogP contribution in [0.25, 0.3) is 0 Å². The molecule has 1 aromatic carbocycles. The third-order valence-corrected chi connectivity index (χ3v) is 3.42. The van der Waals surface area contributed by atoms with Crippen molar-refractivity contribution in [2.24, 2.45) is 0 Å². The minimum atomic E-state index is 0.124. The third-order valence-electron chi connectivity index (χ3n) is 2.70. The van der Waals surface area contributed by atoms with Crippen LogP contribution in [0.1, 0.15) is 24.1 Å². The predicted molar refractivity (Wildman–Crippen MR) is 75.2 cm³/mol. The molecule has 1 unspecified atom stereocenters. The molecule has 2 aromatic rings. The lowest BCUT2D eigenvalue weighted by Gasteiger charge is -2.08. The number of aromatic nitrogens is 2. The second kappa shape index (κ2) is 6.89. The van der Waals surface area contributed by atoms with Crippen LogP contribution in [0.15, 0.2) is 41.3 Å². The van der Waals surface area contributed by atoms with Gasteiger partial charge < -0.3 is 9.29 Å². The van der Waals surface area contributed by atoms with Gasteiger partial charge in [0.1, 0.15) is 6.07 Å². The van der Waals surface area contributed by atoms with E-state index in [1.807, 2.05) is 37.3 Å². The van der Waals surface area contributed by atoms with Crippen molar-refractivity contribution < 1.29 is 9.29 Å². The lowest BCUT2D eigenvalue weighted by atomic mass is 10.0. The number of rotatable bonds is 5. The fourth-order valence-corrected chi connectivity index (χ4v) is 1.99. The SMILES string of the molecule is CC(CO)c1ccc(SOc2ccc(C#N)nn2)cc1. The van der Waals surface area contributed by atoms with Crippen LogP contribution in [0, 0.1) is 11.3 Å². The first-order valence-electron chi connectivity index (χ1n) is 6.02. The fourth-order valence-electron chi connectivity index (χ4n) is 1.47. The molecule has 5 nitrogen and oxygen atoms in total. The van der Waals surface area contributed by atoms with Crippen molar-refractivity contribution in [2.75, 3.05) is 6.61 Å². The first-order chi connectivity index (χ1) is 9.72. The van der Waals surface area contributed by atoms with Crippen molar-refractivity contribution in [3.8, 4) is 11.9 Å². The summed E-state index contributed by atoms with van der Waals surface area (Å²) in [4.78, 5) is 0.921. The number of hydrogen-bond donors (Lipinski definition) is 1. The van der Waals surface area contributed by atoms with E-state index in [0.717, 1.165) is 10.5 Å². The normalized spacial score (nSPS) is 11.7. The van der Waals surface area contributed by atoms with Crippen LogP contribution < -0.4 is 4.18 Å². The number of benzene rings is 1. The van der Waals surface area contributed by atoms with E-state index < -0.39 is 0 Å². The zero-order valence-corrected chi connectivity index (χ0v) is 11.7. The quantitative estimate of drug-likeness (QED) is 0.851. The Morgan fingerprint density at radius 3 is 2.55 bits per heavy atom. The molecule has 0 aliphatic carbocycles. The van der Waals surface area contributed by atoms with Crippen molar-refractivity contribution in [3.63, 3.8) is 0 Å². The van der Waals surface area contributed by atoms with Gasteiger partial charge in [0.05, 0.1) is 12.0 Å². The van der Waals surface area contributed by atoms with Crippen LogP contribution in [0.4, 0.5) is 0 Å². The van der Waals surface area contributed by atoms with Gasteiger partial charge in [-0.2, -0.15) is 5.26 Å². The molecule has 0 radical (unpaired) electrons. The Labute approximate surface area is 121 Å². The lowest BCUT2D eigenvalue weighted by molar-refractivity contribution is 0.273. The van der Waals surface area contributed by atoms with E-state index in [0.29, 0.717) is 5.88 Å². The van der Waals surface area contributed by atoms with Crippen molar-refractivity contribution in [3.05, 3.63) is 47.7 Å². The molecule has 1 aromatic heterocycles. The monoisotopic (exact) mass is 287 g/mol. The summed E-state index contributed by atoms with van der Waals surface area (Å²) in [5.41, 5.74) is 1.33. The van der Waals surface area contributed by atoms with E-state index in [2.05, 4.69) is 10.2 Å². The Kier molecular flexibility index (Phi) is 4.93. The van der Waals surface area contributed by atoms with Gasteiger partial charge in [0.25, 0.3) is 0 Å². The Hall–Kier alpha value is -2.10. The maximum Gasteiger partial charge on any atom is 0.247 e. The van der Waals surface area contributed by atoms with Gasteiger partial charge in [-0.25, -0.2) is 0 Å². The Morgan fingerprint density at radius 2 is 2.00 bits per heavy atom. The van der Waals surface area contributed by atoms with Crippen LogP contribution in [0.5, 0.6) is 5.88 Å². The molecule has 0 bridgehead atoms. The standard InChI is InChI=1S/C14H13N3O2S/c1-10(9-18)11-2-5-13(6-3-11)20-19-14-7-4-12(8-15)16-17-14/h2-7,10,18H,9H2,1H3. The molecular weight excluding hydrogens is 274 g/mol. The van der Waals surface area contributed by atoms with Gasteiger partial charge in [0.15, 0.2) is 5.69 Å². The molecule has 0 saturated carbocycles. The predicted octanol–water partition coefficient (Wildman–Crippen LogP) is 2.53. The van der Waals surface area contributed by atoms with E-state index in [-0.39, 0.29) is 18.2 Å². The maximum atomic E-state index is 9.08. The van der Waals surface area contributed by atoms with Crippen LogP contribution in [0.2, 0.25) is 0 Å². The summed E-state index contributed by atoms with van der Waals surface area (Å²) in [6, 6.07) is 12.8. The van der Waals surface area contributed by atoms with Crippen molar-refractivity contribution in [2.45, 2.75) is 17.7 Å². The molecule has 1 heterocycles. The van der Waals surface area contributed by atoms with E-state index in [4.69, 9.17) is 14.6 Å². The summed E-state index contributed by atoms with van der Waals surface area (Å²) < 4.78 is 5.40. The molecule has 0 amide bonds. The van der Waals surface area contributed by atoms with Gasteiger partial charge >= 0.3 is 0 Å². The number of aliphatic hydroxyl groups excluding tert-OH is 1. The third kappa shape index (κ3) is 3.70. The molecular formula is C14H13N3O2S. The lowest BCUT2D eigenvalue weighted by Crippen LogP contribution is -1.98. The van der Waals surface area contributed by atoms with E-state index in [1.54, 1.807) is 12.1 Å². The molecule has 6 heteroatoms. The highest BCUT2D eigenvalue weighted by atomic mass is 32.2. The van der Waals surface area contributed by atoms with Crippen LogP contribution in [0.3, 0.4) is 0 Å². The summed E-state index contributed by atoms with van der Waals surface area (Å²) in [6.45, 7) is 2.09. The second-order valence-corrected chi connectivity index (χ2v) is 4.99. The van der Waals surface area contributed by atoms with Crippen LogP contribution in [-0.4, -0.2) is 21.9 Å². The molecule has 0 saturated heterocycles. The number of nitriles is 1.